The Labute approximate surface area is 182 Å². The summed E-state index contributed by atoms with van der Waals surface area (Å²) in [5.74, 6) is 1.00. The van der Waals surface area contributed by atoms with Crippen LogP contribution >= 0.6 is 47.2 Å². The van der Waals surface area contributed by atoms with Crippen molar-refractivity contribution in [3.05, 3.63) is 21.9 Å². The number of nitrogens with one attached hydrogen (secondary N) is 2. The molecule has 1 saturated heterocycles. The maximum atomic E-state index is 11.9. The highest BCUT2D eigenvalue weighted by atomic mass is 127. The Balaban J connectivity index is 0.00000338. The van der Waals surface area contributed by atoms with Crippen molar-refractivity contribution in [3.8, 4) is 0 Å². The van der Waals surface area contributed by atoms with E-state index >= 15 is 0 Å². The second-order valence-corrected chi connectivity index (χ2v) is 6.99. The second-order valence-electron chi connectivity index (χ2n) is 6.23. The van der Waals surface area contributed by atoms with Crippen LogP contribution in [-0.2, 0) is 18.4 Å². The van der Waals surface area contributed by atoms with E-state index in [9.17, 15) is 4.79 Å². The van der Waals surface area contributed by atoms with Crippen molar-refractivity contribution in [3.63, 3.8) is 0 Å². The van der Waals surface area contributed by atoms with Crippen LogP contribution < -0.4 is 10.6 Å². The van der Waals surface area contributed by atoms with Gasteiger partial charge in [-0.25, -0.2) is 0 Å². The predicted octanol–water partition coefficient (Wildman–Crippen LogP) is 3.41. The molecule has 1 fully saturated rings. The van der Waals surface area contributed by atoms with Gasteiger partial charge in [0.25, 0.3) is 0 Å². The lowest BCUT2D eigenvalue weighted by Gasteiger charge is -2.27. The fraction of sp³-hybridized carbons (Fsp3) is 0.647. The lowest BCUT2D eigenvalue weighted by molar-refractivity contribution is -0.129. The molecule has 0 aromatic carbocycles. The summed E-state index contributed by atoms with van der Waals surface area (Å²) in [4.78, 5) is 18.1. The van der Waals surface area contributed by atoms with E-state index in [4.69, 9.17) is 23.2 Å². The zero-order chi connectivity index (χ0) is 18.4. The Morgan fingerprint density at radius 1 is 1.38 bits per heavy atom. The number of nitrogens with zero attached hydrogens (tertiary/aromatic N) is 3. The highest BCUT2D eigenvalue weighted by Gasteiger charge is 2.26. The summed E-state index contributed by atoms with van der Waals surface area (Å²) in [7, 11) is 3.61. The molecule has 1 aliphatic heterocycles. The first-order valence-corrected chi connectivity index (χ1v) is 9.47. The average molecular weight is 516 g/mol. The van der Waals surface area contributed by atoms with Crippen molar-refractivity contribution in [1.29, 1.82) is 0 Å². The summed E-state index contributed by atoms with van der Waals surface area (Å²) in [5.41, 5.74) is 0.979. The number of carbonyl (C=O) groups is 1. The number of carbonyl (C=O) groups excluding carboxylic acids is 1. The van der Waals surface area contributed by atoms with Crippen molar-refractivity contribution in [2.24, 2.45) is 12.0 Å². The molecule has 9 heteroatoms. The minimum atomic E-state index is 0. The molecule has 0 aliphatic carbocycles. The number of aliphatic imine (C=N–C) groups is 1. The summed E-state index contributed by atoms with van der Waals surface area (Å²) in [6, 6.07) is 2.14. The maximum absolute atomic E-state index is 11.9. The van der Waals surface area contributed by atoms with Crippen LogP contribution in [0.5, 0.6) is 0 Å². The van der Waals surface area contributed by atoms with Crippen molar-refractivity contribution in [2.45, 2.75) is 45.2 Å². The van der Waals surface area contributed by atoms with Gasteiger partial charge in [-0.05, 0) is 25.3 Å². The molecular weight excluding hydrogens is 488 g/mol. The summed E-state index contributed by atoms with van der Waals surface area (Å²) >= 11 is 12.1. The third-order valence-corrected chi connectivity index (χ3v) is 5.51. The molecule has 2 heterocycles. The molecule has 1 atom stereocenters. The predicted molar refractivity (Wildman–Crippen MR) is 119 cm³/mol. The Kier molecular flexibility index (Phi) is 10.1. The second kappa shape index (κ2) is 11.2. The van der Waals surface area contributed by atoms with Gasteiger partial charge in [-0.1, -0.05) is 30.1 Å². The summed E-state index contributed by atoms with van der Waals surface area (Å²) in [6.07, 6.45) is 3.55. The number of hydrogen-bond acceptors (Lipinski definition) is 2. The quantitative estimate of drug-likeness (QED) is 0.332. The first-order chi connectivity index (χ1) is 12.0. The summed E-state index contributed by atoms with van der Waals surface area (Å²) in [6.45, 7) is 4.35. The van der Waals surface area contributed by atoms with E-state index in [1.54, 1.807) is 7.05 Å². The molecule has 0 radical (unpaired) electrons. The van der Waals surface area contributed by atoms with Gasteiger partial charge in [0.05, 0.1) is 11.6 Å². The van der Waals surface area contributed by atoms with Crippen LogP contribution in [0.4, 0.5) is 0 Å². The molecule has 148 valence electrons. The summed E-state index contributed by atoms with van der Waals surface area (Å²) in [5, 5.41) is 7.64. The van der Waals surface area contributed by atoms with Gasteiger partial charge in [0, 0.05) is 45.3 Å². The number of likely N-dealkylation sites (tertiary alicyclic amines) is 1. The lowest BCUT2D eigenvalue weighted by atomic mass is 10.1. The SMILES string of the molecule is CCC(CCNC(=NC)NCc1cc(Cl)c(Cl)n1C)N1CCCC1=O.I. The van der Waals surface area contributed by atoms with Crippen LogP contribution in [0.3, 0.4) is 0 Å². The number of halogens is 3. The Hall–Kier alpha value is -0.670. The van der Waals surface area contributed by atoms with Crippen LogP contribution in [0.25, 0.3) is 0 Å². The van der Waals surface area contributed by atoms with Crippen LogP contribution in [0.15, 0.2) is 11.1 Å². The highest BCUT2D eigenvalue weighted by Crippen LogP contribution is 2.24. The smallest absolute Gasteiger partial charge is 0.222 e. The van der Waals surface area contributed by atoms with Crippen molar-refractivity contribution >= 4 is 59.0 Å². The van der Waals surface area contributed by atoms with Gasteiger partial charge in [0.15, 0.2) is 5.96 Å². The van der Waals surface area contributed by atoms with Crippen LogP contribution in [0, 0.1) is 0 Å². The van der Waals surface area contributed by atoms with Gasteiger partial charge in [0.2, 0.25) is 5.91 Å². The van der Waals surface area contributed by atoms with Crippen LogP contribution in [-0.4, -0.2) is 47.5 Å². The van der Waals surface area contributed by atoms with E-state index in [-0.39, 0.29) is 29.9 Å². The first kappa shape index (κ1) is 23.4. The van der Waals surface area contributed by atoms with E-state index in [0.717, 1.165) is 44.0 Å². The van der Waals surface area contributed by atoms with E-state index in [1.807, 2.05) is 22.6 Å². The van der Waals surface area contributed by atoms with Crippen molar-refractivity contribution < 1.29 is 4.79 Å². The molecule has 1 aliphatic rings. The molecule has 6 nitrogen and oxygen atoms in total. The summed E-state index contributed by atoms with van der Waals surface area (Å²) < 4.78 is 1.84. The minimum absolute atomic E-state index is 0. The number of amides is 1. The molecule has 2 N–H and O–H groups in total. The Morgan fingerprint density at radius 3 is 2.62 bits per heavy atom. The topological polar surface area (TPSA) is 61.7 Å². The van der Waals surface area contributed by atoms with Gasteiger partial charge in [-0.2, -0.15) is 0 Å². The molecule has 1 aromatic heterocycles. The van der Waals surface area contributed by atoms with E-state index in [2.05, 4.69) is 22.5 Å². The fourth-order valence-corrected chi connectivity index (χ4v) is 3.56. The monoisotopic (exact) mass is 515 g/mol. The number of rotatable bonds is 7. The van der Waals surface area contributed by atoms with E-state index in [1.165, 1.54) is 0 Å². The molecular formula is C17H28Cl2IN5O. The molecule has 1 aromatic rings. The molecule has 26 heavy (non-hydrogen) atoms. The van der Waals surface area contributed by atoms with Crippen molar-refractivity contribution in [1.82, 2.24) is 20.1 Å². The third kappa shape index (κ3) is 5.92. The Morgan fingerprint density at radius 2 is 2.12 bits per heavy atom. The van der Waals surface area contributed by atoms with Crippen LogP contribution in [0.1, 0.15) is 38.3 Å². The largest absolute Gasteiger partial charge is 0.356 e. The van der Waals surface area contributed by atoms with Gasteiger partial charge in [-0.3, -0.25) is 9.79 Å². The number of aromatic nitrogens is 1. The molecule has 1 unspecified atom stereocenters. The molecule has 1 amide bonds. The average Bonchev–Trinajstić information content (AvgIpc) is 3.13. The maximum Gasteiger partial charge on any atom is 0.222 e. The Bertz CT molecular complexity index is 635. The van der Waals surface area contributed by atoms with Crippen molar-refractivity contribution in [2.75, 3.05) is 20.1 Å². The van der Waals surface area contributed by atoms with E-state index in [0.29, 0.717) is 29.2 Å². The minimum Gasteiger partial charge on any atom is -0.356 e. The normalized spacial score (nSPS) is 15.8. The zero-order valence-corrected chi connectivity index (χ0v) is 19.4. The van der Waals surface area contributed by atoms with E-state index < -0.39 is 0 Å². The fourth-order valence-electron chi connectivity index (χ4n) is 3.15. The third-order valence-electron chi connectivity index (χ3n) is 4.67. The molecule has 0 bridgehead atoms. The van der Waals surface area contributed by atoms with Gasteiger partial charge in [-0.15, -0.1) is 24.0 Å². The first-order valence-electron chi connectivity index (χ1n) is 8.71. The lowest BCUT2D eigenvalue weighted by Crippen LogP contribution is -2.41. The highest BCUT2D eigenvalue weighted by molar-refractivity contribution is 14.0. The zero-order valence-electron chi connectivity index (χ0n) is 15.5. The van der Waals surface area contributed by atoms with Gasteiger partial charge < -0.3 is 20.1 Å². The van der Waals surface area contributed by atoms with Crippen LogP contribution in [0.2, 0.25) is 10.2 Å². The number of hydrogen-bond donors (Lipinski definition) is 2. The van der Waals surface area contributed by atoms with Gasteiger partial charge in [0.1, 0.15) is 5.15 Å². The number of guanidine groups is 1. The molecule has 2 rings (SSSR count). The van der Waals surface area contributed by atoms with Gasteiger partial charge >= 0.3 is 0 Å². The molecule has 0 spiro atoms. The standard InChI is InChI=1S/C17H27Cl2N5O.HI/c1-4-12(24-9-5-6-15(24)25)7-8-21-17(20-2)22-11-13-10-14(18)16(19)23(13)3;/h10,12H,4-9,11H2,1-3H3,(H2,20,21,22);1H. The molecule has 0 saturated carbocycles.